The van der Waals surface area contributed by atoms with Gasteiger partial charge in [-0.25, -0.2) is 9.78 Å². The molecule has 9 heteroatoms. The predicted octanol–water partition coefficient (Wildman–Crippen LogP) is 0.539. The van der Waals surface area contributed by atoms with Gasteiger partial charge in [-0.05, 0) is 29.3 Å². The van der Waals surface area contributed by atoms with Crippen molar-refractivity contribution < 1.29 is 9.53 Å². The third kappa shape index (κ3) is 2.85. The van der Waals surface area contributed by atoms with E-state index < -0.39 is 11.2 Å². The molecular weight excluding hydrogens is 356 g/mol. The van der Waals surface area contributed by atoms with Gasteiger partial charge < -0.3 is 9.30 Å². The van der Waals surface area contributed by atoms with Crippen molar-refractivity contribution in [2.45, 2.75) is 26.3 Å². The minimum atomic E-state index is -0.452. The predicted molar refractivity (Wildman–Crippen MR) is 83.8 cm³/mol. The molecule has 0 radical (unpaired) electrons. The average Bonchev–Trinajstić information content (AvgIpc) is 2.77. The molecule has 0 atom stereocenters. The monoisotopic (exact) mass is 372 g/mol. The topological polar surface area (TPSA) is 88.1 Å². The first-order valence-electron chi connectivity index (χ1n) is 6.85. The van der Waals surface area contributed by atoms with Crippen LogP contribution in [-0.2, 0) is 30.2 Å². The quantitative estimate of drug-likeness (QED) is 0.564. The summed E-state index contributed by atoms with van der Waals surface area (Å²) in [6, 6.07) is 0. The van der Waals surface area contributed by atoms with E-state index in [1.165, 1.54) is 4.57 Å². The standard InChI is InChI=1S/C13H17BrN4O4/c1-4-22-8(19)6-5-7-18-11(20)9-10(17(3)13(18)21)15-12(14)16(9)2/h4-7H2,1-3H3. The van der Waals surface area contributed by atoms with Gasteiger partial charge in [-0.1, -0.05) is 0 Å². The van der Waals surface area contributed by atoms with E-state index in [-0.39, 0.29) is 18.9 Å². The highest BCUT2D eigenvalue weighted by molar-refractivity contribution is 9.10. The van der Waals surface area contributed by atoms with Gasteiger partial charge in [0.15, 0.2) is 15.9 Å². The summed E-state index contributed by atoms with van der Waals surface area (Å²) in [4.78, 5) is 40.2. The van der Waals surface area contributed by atoms with Crippen LogP contribution in [0.25, 0.3) is 11.2 Å². The number of imidazole rings is 1. The lowest BCUT2D eigenvalue weighted by Crippen LogP contribution is -2.39. The molecule has 2 heterocycles. The van der Waals surface area contributed by atoms with Crippen LogP contribution in [0.4, 0.5) is 0 Å². The molecule has 0 aromatic carbocycles. The molecule has 0 saturated carbocycles. The zero-order chi connectivity index (χ0) is 16.4. The highest BCUT2D eigenvalue weighted by Gasteiger charge is 2.17. The number of halogens is 1. The fourth-order valence-electron chi connectivity index (χ4n) is 2.23. The maximum atomic E-state index is 12.5. The van der Waals surface area contributed by atoms with Crippen LogP contribution < -0.4 is 11.2 Å². The van der Waals surface area contributed by atoms with Crippen molar-refractivity contribution in [2.24, 2.45) is 14.1 Å². The highest BCUT2D eigenvalue weighted by atomic mass is 79.9. The van der Waals surface area contributed by atoms with Crippen molar-refractivity contribution in [3.8, 4) is 0 Å². The lowest BCUT2D eigenvalue weighted by atomic mass is 10.3. The molecule has 0 spiro atoms. The van der Waals surface area contributed by atoms with E-state index in [9.17, 15) is 14.4 Å². The van der Waals surface area contributed by atoms with Crippen molar-refractivity contribution in [2.75, 3.05) is 6.61 Å². The van der Waals surface area contributed by atoms with Crippen molar-refractivity contribution in [3.05, 3.63) is 25.6 Å². The first-order chi connectivity index (χ1) is 10.4. The van der Waals surface area contributed by atoms with Gasteiger partial charge in [0.2, 0.25) is 0 Å². The molecule has 0 aliphatic rings. The van der Waals surface area contributed by atoms with E-state index >= 15 is 0 Å². The van der Waals surface area contributed by atoms with E-state index in [4.69, 9.17) is 4.74 Å². The van der Waals surface area contributed by atoms with Crippen LogP contribution in [0.5, 0.6) is 0 Å². The fraction of sp³-hybridized carbons (Fsp3) is 0.538. The average molecular weight is 373 g/mol. The first kappa shape index (κ1) is 16.5. The number of carbonyl (C=O) groups is 1. The van der Waals surface area contributed by atoms with Gasteiger partial charge in [0.1, 0.15) is 0 Å². The largest absolute Gasteiger partial charge is 0.466 e. The minimum Gasteiger partial charge on any atom is -0.466 e. The Labute approximate surface area is 134 Å². The zero-order valence-corrected chi connectivity index (χ0v) is 14.2. The molecule has 0 N–H and O–H groups in total. The number of carbonyl (C=O) groups excluding carboxylic acids is 1. The van der Waals surface area contributed by atoms with E-state index in [1.807, 2.05) is 0 Å². The number of hydrogen-bond acceptors (Lipinski definition) is 5. The third-order valence-corrected chi connectivity index (χ3v) is 4.08. The second-order valence-corrected chi connectivity index (χ2v) is 5.53. The Bertz CT molecular complexity index is 833. The summed E-state index contributed by atoms with van der Waals surface area (Å²) in [5.41, 5.74) is -0.203. The Balaban J connectivity index is 2.38. The number of aryl methyl sites for hydroxylation is 2. The molecule has 0 amide bonds. The molecule has 120 valence electrons. The number of esters is 1. The molecule has 0 aliphatic heterocycles. The van der Waals surface area contributed by atoms with Crippen molar-refractivity contribution >= 4 is 33.1 Å². The molecule has 0 fully saturated rings. The molecule has 22 heavy (non-hydrogen) atoms. The third-order valence-electron chi connectivity index (χ3n) is 3.37. The van der Waals surface area contributed by atoms with Crippen LogP contribution in [0.2, 0.25) is 0 Å². The van der Waals surface area contributed by atoms with Crippen molar-refractivity contribution in [1.29, 1.82) is 0 Å². The van der Waals surface area contributed by atoms with Gasteiger partial charge in [0.05, 0.1) is 6.61 Å². The molecule has 0 unspecified atom stereocenters. The van der Waals surface area contributed by atoms with Gasteiger partial charge in [-0.3, -0.25) is 18.7 Å². The lowest BCUT2D eigenvalue weighted by molar-refractivity contribution is -0.143. The van der Waals surface area contributed by atoms with Gasteiger partial charge in [-0.2, -0.15) is 0 Å². The lowest BCUT2D eigenvalue weighted by Gasteiger charge is -2.08. The summed E-state index contributed by atoms with van der Waals surface area (Å²) < 4.78 is 9.33. The molecule has 2 rings (SSSR count). The Kier molecular flexibility index (Phi) is 4.84. The maximum Gasteiger partial charge on any atom is 0.332 e. The number of hydrogen-bond donors (Lipinski definition) is 0. The SMILES string of the molecule is CCOC(=O)CCCn1c(=O)c2c(nc(Br)n2C)n(C)c1=O. The molecule has 2 aromatic rings. The molecule has 8 nitrogen and oxygen atoms in total. The Morgan fingerprint density at radius 1 is 1.27 bits per heavy atom. The van der Waals surface area contributed by atoms with Gasteiger partial charge in [0.25, 0.3) is 5.56 Å². The van der Waals surface area contributed by atoms with E-state index in [2.05, 4.69) is 20.9 Å². The summed E-state index contributed by atoms with van der Waals surface area (Å²) in [5, 5.41) is 0. The number of fused-ring (bicyclic) bond motifs is 1. The second kappa shape index (κ2) is 6.47. The van der Waals surface area contributed by atoms with Crippen LogP contribution in [0.15, 0.2) is 14.3 Å². The first-order valence-corrected chi connectivity index (χ1v) is 7.65. The number of aromatic nitrogens is 4. The summed E-state index contributed by atoms with van der Waals surface area (Å²) in [6.07, 6.45) is 0.523. The Hall–Kier alpha value is -1.90. The summed E-state index contributed by atoms with van der Waals surface area (Å²) in [5.74, 6) is -0.336. The summed E-state index contributed by atoms with van der Waals surface area (Å²) in [6.45, 7) is 2.20. The summed E-state index contributed by atoms with van der Waals surface area (Å²) in [7, 11) is 3.25. The van der Waals surface area contributed by atoms with Gasteiger partial charge >= 0.3 is 11.7 Å². The molecule has 0 bridgehead atoms. The van der Waals surface area contributed by atoms with Crippen LogP contribution >= 0.6 is 15.9 Å². The highest BCUT2D eigenvalue weighted by Crippen LogP contribution is 2.13. The number of rotatable bonds is 5. The molecular formula is C13H17BrN4O4. The normalized spacial score (nSPS) is 11.1. The van der Waals surface area contributed by atoms with Crippen molar-refractivity contribution in [1.82, 2.24) is 18.7 Å². The number of nitrogens with zero attached hydrogens (tertiary/aromatic N) is 4. The fourth-order valence-corrected chi connectivity index (χ4v) is 2.57. The Morgan fingerprint density at radius 2 is 1.95 bits per heavy atom. The molecule has 0 saturated heterocycles. The smallest absolute Gasteiger partial charge is 0.332 e. The second-order valence-electron chi connectivity index (χ2n) is 4.82. The van der Waals surface area contributed by atoms with Gasteiger partial charge in [-0.15, -0.1) is 0 Å². The number of ether oxygens (including phenoxy) is 1. The van der Waals surface area contributed by atoms with Crippen molar-refractivity contribution in [3.63, 3.8) is 0 Å². The van der Waals surface area contributed by atoms with Crippen LogP contribution in [-0.4, -0.2) is 31.3 Å². The van der Waals surface area contributed by atoms with Gasteiger partial charge in [0, 0.05) is 27.1 Å². The molecule has 0 aliphatic carbocycles. The van der Waals surface area contributed by atoms with Crippen LogP contribution in [0.1, 0.15) is 19.8 Å². The maximum absolute atomic E-state index is 12.5. The van der Waals surface area contributed by atoms with Crippen LogP contribution in [0, 0.1) is 0 Å². The summed E-state index contributed by atoms with van der Waals surface area (Å²) >= 11 is 3.24. The zero-order valence-electron chi connectivity index (χ0n) is 12.6. The van der Waals surface area contributed by atoms with Crippen LogP contribution in [0.3, 0.4) is 0 Å². The Morgan fingerprint density at radius 3 is 2.59 bits per heavy atom. The van der Waals surface area contributed by atoms with E-state index in [0.717, 1.165) is 4.57 Å². The molecule has 2 aromatic heterocycles. The van der Waals surface area contributed by atoms with E-state index in [0.29, 0.717) is 28.9 Å². The van der Waals surface area contributed by atoms with E-state index in [1.54, 1.807) is 25.6 Å². The minimum absolute atomic E-state index is 0.156.